The van der Waals surface area contributed by atoms with Crippen molar-refractivity contribution in [2.24, 2.45) is 0 Å². The average Bonchev–Trinajstić information content (AvgIpc) is 3.00. The number of hydrogen-bond acceptors (Lipinski definition) is 4. The molecule has 0 bridgehead atoms. The fraction of sp³-hybridized carbons (Fsp3) is 0.212. The lowest BCUT2D eigenvalue weighted by atomic mass is 9.93. The molecule has 1 aliphatic heterocycles. The van der Waals surface area contributed by atoms with Gasteiger partial charge in [0.05, 0.1) is 0 Å². The van der Waals surface area contributed by atoms with Crippen LogP contribution in [0.4, 0.5) is 9.18 Å². The number of hydrogen-bond donors (Lipinski definition) is 1. The van der Waals surface area contributed by atoms with Gasteiger partial charge in [-0.15, -0.1) is 0 Å². The van der Waals surface area contributed by atoms with Crippen LogP contribution in [0.1, 0.15) is 29.5 Å². The van der Waals surface area contributed by atoms with Crippen LogP contribution < -0.4 is 9.47 Å². The number of alkyl halides is 1. The highest BCUT2D eigenvalue weighted by Gasteiger charge is 2.34. The van der Waals surface area contributed by atoms with E-state index in [2.05, 4.69) is 16.8 Å². The Morgan fingerprint density at radius 2 is 1.45 bits per heavy atom. The van der Waals surface area contributed by atoms with Gasteiger partial charge in [0.15, 0.2) is 5.67 Å². The standard InChI is InChI=1S/C33H29FN2O4/c34-33(19-21-36(22-20-33)32(37)38)18-17-25-11-13-28(14-12-25)29-15-16-30(39-23-26-7-3-1-4-8-26)35-31(29)40-24-27-9-5-2-6-10-27/h1-16H,19-24H2,(H,37,38). The van der Waals surface area contributed by atoms with Gasteiger partial charge in [0, 0.05) is 43.1 Å². The summed E-state index contributed by atoms with van der Waals surface area (Å²) in [7, 11) is 0. The Morgan fingerprint density at radius 3 is 2.05 bits per heavy atom. The minimum Gasteiger partial charge on any atom is -0.473 e. The highest BCUT2D eigenvalue weighted by atomic mass is 19.1. The van der Waals surface area contributed by atoms with Crippen molar-refractivity contribution in [3.05, 3.63) is 114 Å². The second-order valence-corrected chi connectivity index (χ2v) is 9.61. The summed E-state index contributed by atoms with van der Waals surface area (Å²) in [4.78, 5) is 17.0. The Morgan fingerprint density at radius 1 is 0.850 bits per heavy atom. The SMILES string of the molecule is O=C(O)N1CCC(F)(C#Cc2ccc(-c3ccc(OCc4ccccc4)nc3OCc3ccccc3)cc2)CC1. The van der Waals surface area contributed by atoms with Crippen LogP contribution in [0.25, 0.3) is 11.1 Å². The lowest BCUT2D eigenvalue weighted by Gasteiger charge is -2.31. The van der Waals surface area contributed by atoms with Gasteiger partial charge in [-0.25, -0.2) is 9.18 Å². The third-order valence-corrected chi connectivity index (χ3v) is 6.74. The number of pyridine rings is 1. The number of nitrogens with zero attached hydrogens (tertiary/aromatic N) is 2. The van der Waals surface area contributed by atoms with Gasteiger partial charge in [0.25, 0.3) is 0 Å². The molecule has 0 atom stereocenters. The molecule has 202 valence electrons. The van der Waals surface area contributed by atoms with Crippen LogP contribution >= 0.6 is 0 Å². The summed E-state index contributed by atoms with van der Waals surface area (Å²) in [5.41, 5.74) is 2.71. The van der Waals surface area contributed by atoms with Gasteiger partial charge >= 0.3 is 6.09 Å². The van der Waals surface area contributed by atoms with E-state index in [1.165, 1.54) is 4.90 Å². The number of piperidine rings is 1. The number of benzene rings is 3. The number of amides is 1. The number of halogens is 1. The smallest absolute Gasteiger partial charge is 0.407 e. The first-order valence-electron chi connectivity index (χ1n) is 13.1. The monoisotopic (exact) mass is 536 g/mol. The van der Waals surface area contributed by atoms with Gasteiger partial charge in [-0.1, -0.05) is 84.6 Å². The molecular formula is C33H29FN2O4. The molecule has 40 heavy (non-hydrogen) atoms. The first-order valence-corrected chi connectivity index (χ1v) is 13.1. The third kappa shape index (κ3) is 6.97. The molecule has 1 saturated heterocycles. The number of carbonyl (C=O) groups is 1. The van der Waals surface area contributed by atoms with Crippen molar-refractivity contribution in [3.8, 4) is 34.7 Å². The topological polar surface area (TPSA) is 71.9 Å². The minimum atomic E-state index is -1.69. The van der Waals surface area contributed by atoms with Crippen LogP contribution in [0.2, 0.25) is 0 Å². The average molecular weight is 537 g/mol. The number of carboxylic acid groups (broad SMARTS) is 1. The zero-order chi connectivity index (χ0) is 27.8. The normalized spacial score (nSPS) is 14.1. The van der Waals surface area contributed by atoms with Crippen LogP contribution in [0, 0.1) is 11.8 Å². The van der Waals surface area contributed by atoms with E-state index in [9.17, 15) is 4.79 Å². The number of aromatic nitrogens is 1. The summed E-state index contributed by atoms with van der Waals surface area (Å²) in [5.74, 6) is 6.55. The van der Waals surface area contributed by atoms with E-state index in [4.69, 9.17) is 14.6 Å². The van der Waals surface area contributed by atoms with Crippen molar-refractivity contribution in [1.82, 2.24) is 9.88 Å². The maximum absolute atomic E-state index is 15.1. The summed E-state index contributed by atoms with van der Waals surface area (Å²) >= 11 is 0. The Kier molecular flexibility index (Phi) is 8.26. The largest absolute Gasteiger partial charge is 0.473 e. The molecule has 0 spiro atoms. The number of rotatable bonds is 7. The van der Waals surface area contributed by atoms with Crippen LogP contribution in [0.15, 0.2) is 97.1 Å². The zero-order valence-electron chi connectivity index (χ0n) is 21.9. The minimum absolute atomic E-state index is 0.0663. The van der Waals surface area contributed by atoms with E-state index in [0.717, 1.165) is 22.3 Å². The second kappa shape index (κ2) is 12.4. The predicted octanol–water partition coefficient (Wildman–Crippen LogP) is 6.74. The molecule has 0 aliphatic carbocycles. The van der Waals surface area contributed by atoms with Crippen molar-refractivity contribution < 1.29 is 23.8 Å². The molecule has 4 aromatic rings. The molecule has 0 saturated carbocycles. The van der Waals surface area contributed by atoms with Crippen LogP contribution in [-0.2, 0) is 13.2 Å². The third-order valence-electron chi connectivity index (χ3n) is 6.74. The summed E-state index contributed by atoms with van der Waals surface area (Å²) < 4.78 is 27.2. The molecule has 0 radical (unpaired) electrons. The van der Waals surface area contributed by atoms with Crippen LogP contribution in [0.5, 0.6) is 11.8 Å². The maximum atomic E-state index is 15.1. The Labute approximate surface area is 233 Å². The molecule has 5 rings (SSSR count). The fourth-order valence-corrected chi connectivity index (χ4v) is 4.39. The number of ether oxygens (including phenoxy) is 2. The van der Waals surface area contributed by atoms with Crippen molar-refractivity contribution in [2.45, 2.75) is 31.7 Å². The van der Waals surface area contributed by atoms with E-state index in [1.54, 1.807) is 0 Å². The predicted molar refractivity (Wildman–Crippen MR) is 151 cm³/mol. The maximum Gasteiger partial charge on any atom is 0.407 e. The van der Waals surface area contributed by atoms with Crippen molar-refractivity contribution in [1.29, 1.82) is 0 Å². The molecule has 2 heterocycles. The first kappa shape index (κ1) is 26.8. The number of likely N-dealkylation sites (tertiary alicyclic amines) is 1. The first-order chi connectivity index (χ1) is 19.5. The Bertz CT molecular complexity index is 1490. The highest BCUT2D eigenvalue weighted by Crippen LogP contribution is 2.32. The van der Waals surface area contributed by atoms with E-state index >= 15 is 4.39 Å². The quantitative estimate of drug-likeness (QED) is 0.265. The van der Waals surface area contributed by atoms with Crippen molar-refractivity contribution in [3.63, 3.8) is 0 Å². The molecule has 0 unspecified atom stereocenters. The van der Waals surface area contributed by atoms with E-state index < -0.39 is 11.8 Å². The molecule has 1 N–H and O–H groups in total. The molecule has 1 aromatic heterocycles. The van der Waals surface area contributed by atoms with E-state index in [0.29, 0.717) is 30.5 Å². The summed E-state index contributed by atoms with van der Waals surface area (Å²) in [6.45, 7) is 1.03. The van der Waals surface area contributed by atoms with Crippen LogP contribution in [0.3, 0.4) is 0 Å². The van der Waals surface area contributed by atoms with E-state index in [-0.39, 0.29) is 25.9 Å². The van der Waals surface area contributed by atoms with Gasteiger partial charge in [-0.05, 0) is 34.9 Å². The van der Waals surface area contributed by atoms with E-state index in [1.807, 2.05) is 97.1 Å². The zero-order valence-corrected chi connectivity index (χ0v) is 21.9. The molecule has 3 aromatic carbocycles. The summed E-state index contributed by atoms with van der Waals surface area (Å²) in [5, 5.41) is 9.08. The lowest BCUT2D eigenvalue weighted by Crippen LogP contribution is -2.43. The lowest BCUT2D eigenvalue weighted by molar-refractivity contribution is 0.0910. The van der Waals surface area contributed by atoms with Crippen LogP contribution in [-0.4, -0.2) is 39.8 Å². The Hall–Kier alpha value is -4.83. The molecule has 7 heteroatoms. The molecule has 6 nitrogen and oxygen atoms in total. The van der Waals surface area contributed by atoms with Crippen molar-refractivity contribution in [2.75, 3.05) is 13.1 Å². The van der Waals surface area contributed by atoms with Gasteiger partial charge in [-0.2, -0.15) is 4.98 Å². The van der Waals surface area contributed by atoms with Crippen molar-refractivity contribution >= 4 is 6.09 Å². The van der Waals surface area contributed by atoms with Gasteiger partial charge in [0.2, 0.25) is 11.8 Å². The summed E-state index contributed by atoms with van der Waals surface area (Å²) in [6, 6.07) is 31.0. The molecular weight excluding hydrogens is 507 g/mol. The van der Waals surface area contributed by atoms with Gasteiger partial charge in [-0.3, -0.25) is 0 Å². The second-order valence-electron chi connectivity index (χ2n) is 9.61. The van der Waals surface area contributed by atoms with Gasteiger partial charge in [0.1, 0.15) is 13.2 Å². The Balaban J connectivity index is 1.33. The highest BCUT2D eigenvalue weighted by molar-refractivity contribution is 5.70. The molecule has 1 aliphatic rings. The van der Waals surface area contributed by atoms with Gasteiger partial charge < -0.3 is 19.5 Å². The molecule has 1 fully saturated rings. The molecule has 1 amide bonds. The summed E-state index contributed by atoms with van der Waals surface area (Å²) in [6.07, 6.45) is -0.892. The fourth-order valence-electron chi connectivity index (χ4n) is 4.39.